The van der Waals surface area contributed by atoms with Crippen molar-refractivity contribution in [1.82, 2.24) is 4.98 Å². The molecule has 2 atom stereocenters. The van der Waals surface area contributed by atoms with Crippen molar-refractivity contribution in [1.29, 1.82) is 0 Å². The Kier molecular flexibility index (Phi) is 2.56. The second-order valence-corrected chi connectivity index (χ2v) is 4.73. The predicted molar refractivity (Wildman–Crippen MR) is 66.7 cm³/mol. The number of hydroxylamine groups is 2. The minimum atomic E-state index is -2.70. The number of rotatable bonds is 1. The Bertz CT molecular complexity index is 745. The van der Waals surface area contributed by atoms with Crippen molar-refractivity contribution in [3.8, 4) is 0 Å². The largest absolute Gasteiger partial charge is 0.402 e. The van der Waals surface area contributed by atoms with Gasteiger partial charge in [-0.15, -0.1) is 0 Å². The van der Waals surface area contributed by atoms with E-state index in [0.717, 1.165) is 5.39 Å². The number of carbonyl (C=O) groups is 2. The Morgan fingerprint density at radius 3 is 2.70 bits per heavy atom. The standard InChI is InChI=1S/C13H11FN3O3/c14-17(20)12(18)6-9(13(17)19)11-3-1-7-5-8(15)2-4-10(7)16-11/h1-5,9,20H,6,15H2/q+1. The van der Waals surface area contributed by atoms with Gasteiger partial charge >= 0.3 is 11.8 Å². The number of carbonyl (C=O) groups excluding carboxylic acids is 2. The maximum absolute atomic E-state index is 13.5. The molecule has 102 valence electrons. The molecule has 1 aromatic carbocycles. The molecule has 0 saturated carbocycles. The van der Waals surface area contributed by atoms with Gasteiger partial charge in [0, 0.05) is 11.1 Å². The minimum absolute atomic E-state index is 0.257. The van der Waals surface area contributed by atoms with Crippen LogP contribution in [0.15, 0.2) is 30.3 Å². The summed E-state index contributed by atoms with van der Waals surface area (Å²) >= 11 is 0. The maximum atomic E-state index is 13.5. The summed E-state index contributed by atoms with van der Waals surface area (Å²) in [5.41, 5.74) is 7.06. The Morgan fingerprint density at radius 1 is 1.30 bits per heavy atom. The molecule has 3 N–H and O–H groups in total. The minimum Gasteiger partial charge on any atom is -0.399 e. The summed E-state index contributed by atoms with van der Waals surface area (Å²) in [5.74, 6) is -3.46. The van der Waals surface area contributed by atoms with Gasteiger partial charge in [-0.25, -0.2) is 9.59 Å². The average Bonchev–Trinajstić information content (AvgIpc) is 2.62. The summed E-state index contributed by atoms with van der Waals surface area (Å²) in [6.07, 6.45) is -0.403. The first-order valence-electron chi connectivity index (χ1n) is 5.95. The Hall–Kier alpha value is -2.38. The van der Waals surface area contributed by atoms with Crippen LogP contribution in [0.2, 0.25) is 0 Å². The number of quaternary nitrogens is 1. The van der Waals surface area contributed by atoms with Crippen LogP contribution in [0.4, 0.5) is 10.2 Å². The van der Waals surface area contributed by atoms with Crippen LogP contribution in [-0.2, 0) is 9.59 Å². The average molecular weight is 276 g/mol. The monoisotopic (exact) mass is 276 g/mol. The number of benzene rings is 1. The third kappa shape index (κ3) is 1.75. The molecule has 2 heterocycles. The van der Waals surface area contributed by atoms with E-state index in [2.05, 4.69) is 4.98 Å². The number of fused-ring (bicyclic) bond motifs is 1. The summed E-state index contributed by atoms with van der Waals surface area (Å²) < 4.78 is 13.5. The van der Waals surface area contributed by atoms with Gasteiger partial charge in [0.1, 0.15) is 10.8 Å². The van der Waals surface area contributed by atoms with Crippen LogP contribution in [0.25, 0.3) is 10.9 Å². The van der Waals surface area contributed by atoms with E-state index in [1.165, 1.54) is 6.07 Å². The predicted octanol–water partition coefficient (Wildman–Crippen LogP) is 1.45. The molecule has 2 unspecified atom stereocenters. The molecule has 3 rings (SSSR count). The van der Waals surface area contributed by atoms with E-state index in [0.29, 0.717) is 11.2 Å². The van der Waals surface area contributed by atoms with Gasteiger partial charge in [-0.1, -0.05) is 6.07 Å². The van der Waals surface area contributed by atoms with Crippen LogP contribution in [-0.4, -0.2) is 26.9 Å². The molecule has 0 spiro atoms. The molecule has 1 aromatic heterocycles. The Labute approximate surface area is 112 Å². The van der Waals surface area contributed by atoms with E-state index in [-0.39, 0.29) is 5.69 Å². The van der Waals surface area contributed by atoms with E-state index in [1.54, 1.807) is 24.3 Å². The number of nitrogens with two attached hydrogens (primary N) is 1. The van der Waals surface area contributed by atoms with Gasteiger partial charge in [-0.3, -0.25) is 4.98 Å². The molecular weight excluding hydrogens is 265 g/mol. The molecule has 7 heteroatoms. The van der Waals surface area contributed by atoms with Crippen molar-refractivity contribution >= 4 is 28.4 Å². The summed E-state index contributed by atoms with van der Waals surface area (Å²) in [7, 11) is 0. The van der Waals surface area contributed by atoms with Crippen molar-refractivity contribution in [2.24, 2.45) is 0 Å². The molecule has 0 radical (unpaired) electrons. The molecular formula is C13H11FN3O3+. The third-order valence-corrected chi connectivity index (χ3v) is 3.39. The van der Waals surface area contributed by atoms with Crippen LogP contribution in [0, 0.1) is 0 Å². The van der Waals surface area contributed by atoms with Gasteiger partial charge in [-0.2, -0.15) is 5.21 Å². The fourth-order valence-corrected chi connectivity index (χ4v) is 2.30. The van der Waals surface area contributed by atoms with Crippen LogP contribution < -0.4 is 5.73 Å². The molecule has 6 nitrogen and oxygen atoms in total. The van der Waals surface area contributed by atoms with Crippen LogP contribution >= 0.6 is 0 Å². The van der Waals surface area contributed by atoms with E-state index in [1.807, 2.05) is 0 Å². The second-order valence-electron chi connectivity index (χ2n) is 4.73. The molecule has 2 aromatic rings. The van der Waals surface area contributed by atoms with Crippen LogP contribution in [0.1, 0.15) is 18.0 Å². The lowest BCUT2D eigenvalue weighted by atomic mass is 10.0. The number of nitrogen functional groups attached to an aromatic ring is 1. The van der Waals surface area contributed by atoms with Crippen molar-refractivity contribution in [3.05, 3.63) is 36.0 Å². The number of halogens is 1. The number of hydrogen-bond acceptors (Lipinski definition) is 5. The van der Waals surface area contributed by atoms with Crippen LogP contribution in [0.3, 0.4) is 0 Å². The lowest BCUT2D eigenvalue weighted by Gasteiger charge is -2.07. The number of hydrogen-bond donors (Lipinski definition) is 2. The molecule has 20 heavy (non-hydrogen) atoms. The normalized spacial score (nSPS) is 26.4. The number of nitrogens with zero attached hydrogens (tertiary/aromatic N) is 2. The van der Waals surface area contributed by atoms with Crippen molar-refractivity contribution in [2.75, 3.05) is 5.73 Å². The van der Waals surface area contributed by atoms with Gasteiger partial charge in [0.25, 0.3) is 0 Å². The van der Waals surface area contributed by atoms with Crippen molar-refractivity contribution in [3.63, 3.8) is 0 Å². The zero-order valence-corrected chi connectivity index (χ0v) is 10.3. The molecule has 1 aliphatic heterocycles. The quantitative estimate of drug-likeness (QED) is 0.356. The third-order valence-electron chi connectivity index (χ3n) is 3.39. The summed E-state index contributed by atoms with van der Waals surface area (Å²) in [4.78, 5) is 24.5. The molecule has 1 aliphatic rings. The fourth-order valence-electron chi connectivity index (χ4n) is 2.30. The van der Waals surface area contributed by atoms with Gasteiger partial charge in [0.15, 0.2) is 0 Å². The lowest BCUT2D eigenvalue weighted by Crippen LogP contribution is -2.41. The number of aromatic nitrogens is 1. The first-order valence-corrected chi connectivity index (χ1v) is 5.95. The van der Waals surface area contributed by atoms with Gasteiger partial charge < -0.3 is 5.73 Å². The highest BCUT2D eigenvalue weighted by atomic mass is 19.2. The zero-order chi connectivity index (χ0) is 14.5. The lowest BCUT2D eigenvalue weighted by molar-refractivity contribution is -1.09. The van der Waals surface area contributed by atoms with Crippen LogP contribution in [0.5, 0.6) is 0 Å². The summed E-state index contributed by atoms with van der Waals surface area (Å²) in [6, 6.07) is 8.26. The highest BCUT2D eigenvalue weighted by Crippen LogP contribution is 2.33. The van der Waals surface area contributed by atoms with Gasteiger partial charge in [0.05, 0.1) is 22.1 Å². The van der Waals surface area contributed by atoms with E-state index in [4.69, 9.17) is 10.9 Å². The fraction of sp³-hybridized carbons (Fsp3) is 0.154. The van der Waals surface area contributed by atoms with Gasteiger partial charge in [0.2, 0.25) is 0 Å². The molecule has 0 aliphatic carbocycles. The zero-order valence-electron chi connectivity index (χ0n) is 10.3. The summed E-state index contributed by atoms with van der Waals surface area (Å²) in [6.45, 7) is 0. The van der Waals surface area contributed by atoms with E-state index >= 15 is 0 Å². The first kappa shape index (κ1) is 12.6. The van der Waals surface area contributed by atoms with Gasteiger partial charge in [-0.05, 0) is 24.3 Å². The molecule has 2 amide bonds. The Balaban J connectivity index is 2.06. The van der Waals surface area contributed by atoms with E-state index in [9.17, 15) is 14.1 Å². The van der Waals surface area contributed by atoms with E-state index < -0.39 is 29.0 Å². The number of anilines is 1. The second kappa shape index (κ2) is 4.06. The highest BCUT2D eigenvalue weighted by molar-refractivity contribution is 5.95. The SMILES string of the molecule is Nc1ccc2nc(C3CC(=O)[N+](O)(F)C3=O)ccc2c1. The molecule has 0 bridgehead atoms. The smallest absolute Gasteiger partial charge is 0.399 e. The number of amides is 2. The summed E-state index contributed by atoms with van der Waals surface area (Å²) in [5, 5.41) is 9.91. The maximum Gasteiger partial charge on any atom is 0.402 e. The topological polar surface area (TPSA) is 93.3 Å². The first-order chi connectivity index (χ1) is 9.39. The Morgan fingerprint density at radius 2 is 2.05 bits per heavy atom. The van der Waals surface area contributed by atoms with Crippen molar-refractivity contribution < 1.29 is 24.1 Å². The molecule has 1 fully saturated rings. The van der Waals surface area contributed by atoms with Crippen molar-refractivity contribution in [2.45, 2.75) is 12.3 Å². The number of pyridine rings is 1. The molecule has 1 saturated heterocycles. The highest BCUT2D eigenvalue weighted by Gasteiger charge is 2.60. The number of imide groups is 1.